The van der Waals surface area contributed by atoms with E-state index in [4.69, 9.17) is 0 Å². The monoisotopic (exact) mass is 194 g/mol. The summed E-state index contributed by atoms with van der Waals surface area (Å²) >= 11 is 0. The zero-order valence-electron chi connectivity index (χ0n) is 10.2. The van der Waals surface area contributed by atoms with Crippen LogP contribution in [0, 0.1) is 23.2 Å². The van der Waals surface area contributed by atoms with Crippen LogP contribution in [0.5, 0.6) is 0 Å². The number of hydrogen-bond donors (Lipinski definition) is 0. The van der Waals surface area contributed by atoms with Gasteiger partial charge in [0.25, 0.3) is 0 Å². The second-order valence-corrected chi connectivity index (χ2v) is 6.81. The van der Waals surface area contributed by atoms with Crippen LogP contribution in [-0.2, 0) is 0 Å². The van der Waals surface area contributed by atoms with Gasteiger partial charge in [-0.15, -0.1) is 0 Å². The summed E-state index contributed by atoms with van der Waals surface area (Å²) in [5.41, 5.74) is 0.553. The molecule has 2 rings (SSSR count). The number of rotatable bonds is 1. The first-order valence-electron chi connectivity index (χ1n) is 6.56. The Morgan fingerprint density at radius 3 is 2.36 bits per heavy atom. The van der Waals surface area contributed by atoms with E-state index in [9.17, 15) is 0 Å². The maximum Gasteiger partial charge on any atom is -0.0357 e. The highest BCUT2D eigenvalue weighted by atomic mass is 14.4. The van der Waals surface area contributed by atoms with Crippen LogP contribution in [0.2, 0.25) is 0 Å². The van der Waals surface area contributed by atoms with Crippen LogP contribution in [0.25, 0.3) is 0 Å². The van der Waals surface area contributed by atoms with Crippen LogP contribution < -0.4 is 0 Å². The van der Waals surface area contributed by atoms with Crippen molar-refractivity contribution in [3.8, 4) is 0 Å². The fourth-order valence-corrected chi connectivity index (χ4v) is 3.90. The third-order valence-electron chi connectivity index (χ3n) is 4.36. The highest BCUT2D eigenvalue weighted by molar-refractivity contribution is 4.89. The molecule has 2 saturated carbocycles. The van der Waals surface area contributed by atoms with E-state index in [-0.39, 0.29) is 0 Å². The van der Waals surface area contributed by atoms with Crippen molar-refractivity contribution < 1.29 is 0 Å². The summed E-state index contributed by atoms with van der Waals surface area (Å²) in [5.74, 6) is 3.30. The summed E-state index contributed by atoms with van der Waals surface area (Å²) in [6.07, 6.45) is 10.7. The van der Waals surface area contributed by atoms with Gasteiger partial charge in [0.15, 0.2) is 0 Å². The van der Waals surface area contributed by atoms with E-state index in [0.29, 0.717) is 5.41 Å². The zero-order valence-corrected chi connectivity index (χ0v) is 10.2. The molecular formula is C14H26. The van der Waals surface area contributed by atoms with E-state index in [2.05, 4.69) is 20.8 Å². The van der Waals surface area contributed by atoms with Crippen LogP contribution in [-0.4, -0.2) is 0 Å². The van der Waals surface area contributed by atoms with Gasteiger partial charge < -0.3 is 0 Å². The summed E-state index contributed by atoms with van der Waals surface area (Å²) in [5, 5.41) is 0. The molecule has 0 heteroatoms. The quantitative estimate of drug-likeness (QED) is 0.570. The molecule has 0 saturated heterocycles. The van der Waals surface area contributed by atoms with Crippen LogP contribution in [0.15, 0.2) is 0 Å². The molecule has 0 radical (unpaired) electrons. The molecule has 0 heterocycles. The maximum absolute atomic E-state index is 2.41. The van der Waals surface area contributed by atoms with Crippen molar-refractivity contribution in [2.24, 2.45) is 23.2 Å². The highest BCUT2D eigenvalue weighted by Gasteiger charge is 2.38. The molecule has 2 fully saturated rings. The standard InChI is InChI=1S/C14H26/c1-14(2,3)10-12-9-8-11-6-4-5-7-13(11)12/h11-13H,4-10H2,1-3H3. The average molecular weight is 194 g/mol. The Bertz CT molecular complexity index is 187. The maximum atomic E-state index is 2.41. The Kier molecular flexibility index (Phi) is 2.91. The molecule has 0 aliphatic heterocycles. The Morgan fingerprint density at radius 2 is 1.64 bits per heavy atom. The summed E-state index contributed by atoms with van der Waals surface area (Å²) < 4.78 is 0. The molecule has 3 unspecified atom stereocenters. The molecule has 0 bridgehead atoms. The Morgan fingerprint density at radius 1 is 0.929 bits per heavy atom. The smallest absolute Gasteiger partial charge is 0.0357 e. The third kappa shape index (κ3) is 2.32. The van der Waals surface area contributed by atoms with Gasteiger partial charge in [-0.2, -0.15) is 0 Å². The first-order chi connectivity index (χ1) is 6.56. The SMILES string of the molecule is CC(C)(C)CC1CCC2CCCCC21. The van der Waals surface area contributed by atoms with Gasteiger partial charge in [-0.25, -0.2) is 0 Å². The Labute approximate surface area is 89.5 Å². The Hall–Kier alpha value is 0. The van der Waals surface area contributed by atoms with Crippen molar-refractivity contribution in [2.75, 3.05) is 0 Å². The Balaban J connectivity index is 1.94. The lowest BCUT2D eigenvalue weighted by Crippen LogP contribution is -2.22. The van der Waals surface area contributed by atoms with Crippen LogP contribution >= 0.6 is 0 Å². The molecular weight excluding hydrogens is 168 g/mol. The fraction of sp³-hybridized carbons (Fsp3) is 1.00. The van der Waals surface area contributed by atoms with Crippen molar-refractivity contribution in [2.45, 2.75) is 65.7 Å². The molecule has 0 amide bonds. The fourth-order valence-electron chi connectivity index (χ4n) is 3.90. The summed E-state index contributed by atoms with van der Waals surface area (Å²) in [6.45, 7) is 7.22. The van der Waals surface area contributed by atoms with E-state index in [0.717, 1.165) is 17.8 Å². The summed E-state index contributed by atoms with van der Waals surface area (Å²) in [7, 11) is 0. The largest absolute Gasteiger partial charge is 0.0602 e. The van der Waals surface area contributed by atoms with E-state index in [1.165, 1.54) is 25.7 Å². The minimum absolute atomic E-state index is 0.553. The van der Waals surface area contributed by atoms with Gasteiger partial charge in [0, 0.05) is 0 Å². The van der Waals surface area contributed by atoms with Crippen molar-refractivity contribution >= 4 is 0 Å². The predicted molar refractivity (Wildman–Crippen MR) is 62.2 cm³/mol. The number of fused-ring (bicyclic) bond motifs is 1. The highest BCUT2D eigenvalue weighted by Crippen LogP contribution is 2.49. The third-order valence-corrected chi connectivity index (χ3v) is 4.36. The van der Waals surface area contributed by atoms with Gasteiger partial charge in [-0.05, 0) is 48.9 Å². The summed E-state index contributed by atoms with van der Waals surface area (Å²) in [6, 6.07) is 0. The van der Waals surface area contributed by atoms with Gasteiger partial charge in [0.1, 0.15) is 0 Å². The lowest BCUT2D eigenvalue weighted by molar-refractivity contribution is 0.182. The van der Waals surface area contributed by atoms with Crippen molar-refractivity contribution in [1.82, 2.24) is 0 Å². The van der Waals surface area contributed by atoms with Gasteiger partial charge in [-0.1, -0.05) is 40.0 Å². The summed E-state index contributed by atoms with van der Waals surface area (Å²) in [4.78, 5) is 0. The molecule has 0 aromatic heterocycles. The van der Waals surface area contributed by atoms with E-state index < -0.39 is 0 Å². The van der Waals surface area contributed by atoms with E-state index in [1.54, 1.807) is 19.3 Å². The van der Waals surface area contributed by atoms with Crippen LogP contribution in [0.1, 0.15) is 65.7 Å². The van der Waals surface area contributed by atoms with Crippen molar-refractivity contribution in [3.05, 3.63) is 0 Å². The molecule has 0 N–H and O–H groups in total. The van der Waals surface area contributed by atoms with Gasteiger partial charge in [0.05, 0.1) is 0 Å². The molecule has 2 aliphatic carbocycles. The van der Waals surface area contributed by atoms with Crippen LogP contribution in [0.3, 0.4) is 0 Å². The zero-order chi connectivity index (χ0) is 10.2. The topological polar surface area (TPSA) is 0 Å². The second-order valence-electron chi connectivity index (χ2n) is 6.81. The molecule has 82 valence electrons. The molecule has 0 aromatic carbocycles. The van der Waals surface area contributed by atoms with Crippen LogP contribution in [0.4, 0.5) is 0 Å². The first-order valence-corrected chi connectivity index (χ1v) is 6.56. The van der Waals surface area contributed by atoms with Gasteiger partial charge in [0.2, 0.25) is 0 Å². The molecule has 3 atom stereocenters. The van der Waals surface area contributed by atoms with Gasteiger partial charge >= 0.3 is 0 Å². The number of hydrogen-bond acceptors (Lipinski definition) is 0. The predicted octanol–water partition coefficient (Wildman–Crippen LogP) is 4.64. The first kappa shape index (κ1) is 10.5. The van der Waals surface area contributed by atoms with E-state index >= 15 is 0 Å². The van der Waals surface area contributed by atoms with Crippen molar-refractivity contribution in [1.29, 1.82) is 0 Å². The van der Waals surface area contributed by atoms with Crippen molar-refractivity contribution in [3.63, 3.8) is 0 Å². The normalized spacial score (nSPS) is 38.4. The minimum atomic E-state index is 0.553. The molecule has 0 aromatic rings. The lowest BCUT2D eigenvalue weighted by atomic mass is 9.73. The minimum Gasteiger partial charge on any atom is -0.0602 e. The molecule has 0 spiro atoms. The van der Waals surface area contributed by atoms with Gasteiger partial charge in [-0.3, -0.25) is 0 Å². The average Bonchev–Trinajstić information content (AvgIpc) is 2.47. The molecule has 14 heavy (non-hydrogen) atoms. The van der Waals surface area contributed by atoms with E-state index in [1.807, 2.05) is 0 Å². The lowest BCUT2D eigenvalue weighted by Gasteiger charge is -2.32. The molecule has 2 aliphatic rings. The second kappa shape index (κ2) is 3.87. The molecule has 0 nitrogen and oxygen atoms in total.